The number of aromatic nitrogens is 3. The van der Waals surface area contributed by atoms with Crippen molar-refractivity contribution in [2.24, 2.45) is 5.92 Å². The smallest absolute Gasteiger partial charge is 0.231 e. The second-order valence-electron chi connectivity index (χ2n) is 5.03. The van der Waals surface area contributed by atoms with Crippen molar-refractivity contribution < 1.29 is 14.6 Å². The monoisotopic (exact) mass is 288 g/mol. The first-order valence-corrected chi connectivity index (χ1v) is 6.65. The molecule has 1 aliphatic heterocycles. The van der Waals surface area contributed by atoms with Crippen LogP contribution in [0.1, 0.15) is 13.1 Å². The van der Waals surface area contributed by atoms with E-state index in [1.165, 1.54) is 0 Å². The summed E-state index contributed by atoms with van der Waals surface area (Å²) in [5, 5.41) is 20.5. The highest BCUT2D eigenvalue weighted by Gasteiger charge is 2.44. The Bertz CT molecular complexity index is 650. The predicted molar refractivity (Wildman–Crippen MR) is 74.4 cm³/mol. The number of benzene rings is 1. The average molecular weight is 288 g/mol. The van der Waals surface area contributed by atoms with Crippen LogP contribution in [0, 0.1) is 5.92 Å². The van der Waals surface area contributed by atoms with Gasteiger partial charge in [-0.2, -0.15) is 0 Å². The molecular formula is C14H16N4O3. The summed E-state index contributed by atoms with van der Waals surface area (Å²) in [7, 11) is 1.61. The van der Waals surface area contributed by atoms with Gasteiger partial charge in [-0.25, -0.2) is 4.68 Å². The van der Waals surface area contributed by atoms with Crippen molar-refractivity contribution in [3.05, 3.63) is 30.5 Å². The third-order valence-electron chi connectivity index (χ3n) is 3.63. The van der Waals surface area contributed by atoms with Gasteiger partial charge in [-0.3, -0.25) is 4.79 Å². The topological polar surface area (TPSA) is 89.3 Å². The predicted octanol–water partition coefficient (Wildman–Crippen LogP) is 0.579. The lowest BCUT2D eigenvalue weighted by Gasteiger charge is -2.37. The molecule has 110 valence electrons. The van der Waals surface area contributed by atoms with Crippen LogP contribution in [-0.2, 0) is 4.79 Å². The van der Waals surface area contributed by atoms with Gasteiger partial charge in [-0.1, -0.05) is 5.21 Å². The van der Waals surface area contributed by atoms with Crippen LogP contribution in [0.4, 0.5) is 0 Å². The molecule has 0 spiro atoms. The minimum atomic E-state index is -0.725. The number of hydrogen-bond acceptors (Lipinski definition) is 5. The number of nitrogens with one attached hydrogen (secondary N) is 1. The van der Waals surface area contributed by atoms with Crippen molar-refractivity contribution in [2.75, 3.05) is 7.11 Å². The number of nitrogens with zero attached hydrogens (tertiary/aromatic N) is 3. The Kier molecular flexibility index (Phi) is 3.34. The zero-order chi connectivity index (χ0) is 15.0. The number of rotatable bonds is 4. The molecule has 1 amide bonds. The second-order valence-corrected chi connectivity index (χ2v) is 5.03. The lowest BCUT2D eigenvalue weighted by Crippen LogP contribution is -2.58. The van der Waals surface area contributed by atoms with Gasteiger partial charge in [0.2, 0.25) is 5.91 Å². The van der Waals surface area contributed by atoms with E-state index in [0.717, 1.165) is 11.3 Å². The van der Waals surface area contributed by atoms with Gasteiger partial charge in [0.15, 0.2) is 0 Å². The normalized spacial score (nSPS) is 22.3. The van der Waals surface area contributed by atoms with Crippen LogP contribution >= 0.6 is 0 Å². The van der Waals surface area contributed by atoms with Gasteiger partial charge in [0.25, 0.3) is 0 Å². The fourth-order valence-electron chi connectivity index (χ4n) is 2.40. The van der Waals surface area contributed by atoms with Gasteiger partial charge in [0.05, 0.1) is 19.4 Å². The SMILES string of the molecule is COc1ccc(-c2cn([C@H]3NC(=O)[C@@H]3[C@@H](C)O)nn2)cc1. The molecule has 0 radical (unpaired) electrons. The molecule has 1 saturated heterocycles. The minimum Gasteiger partial charge on any atom is -0.497 e. The summed E-state index contributed by atoms with van der Waals surface area (Å²) in [6.45, 7) is 1.59. The fraction of sp³-hybridized carbons (Fsp3) is 0.357. The molecule has 2 N–H and O–H groups in total. The molecule has 1 aliphatic rings. The lowest BCUT2D eigenvalue weighted by atomic mass is 9.92. The van der Waals surface area contributed by atoms with E-state index in [-0.39, 0.29) is 12.1 Å². The molecule has 1 aromatic carbocycles. The standard InChI is InChI=1S/C14H16N4O3/c1-8(19)12-13(15-14(12)20)18-7-11(16-17-18)9-3-5-10(21-2)6-4-9/h3-8,12-13,19H,1-2H3,(H,15,20)/t8-,12-,13-/m1/s1. The minimum absolute atomic E-state index is 0.170. The van der Waals surface area contributed by atoms with Crippen LogP contribution in [0.25, 0.3) is 11.3 Å². The first-order valence-electron chi connectivity index (χ1n) is 6.65. The highest BCUT2D eigenvalue weighted by atomic mass is 16.5. The highest BCUT2D eigenvalue weighted by Crippen LogP contribution is 2.29. The molecule has 3 atom stereocenters. The van der Waals surface area contributed by atoms with Crippen molar-refractivity contribution in [3.8, 4) is 17.0 Å². The largest absolute Gasteiger partial charge is 0.497 e. The molecule has 1 aromatic heterocycles. The molecule has 2 aromatic rings. The fourth-order valence-corrected chi connectivity index (χ4v) is 2.40. The molecule has 7 heteroatoms. The first kappa shape index (κ1) is 13.6. The van der Waals surface area contributed by atoms with Crippen LogP contribution in [0.15, 0.2) is 30.5 Å². The Hall–Kier alpha value is -2.41. The zero-order valence-corrected chi connectivity index (χ0v) is 11.7. The molecule has 3 rings (SSSR count). The van der Waals surface area contributed by atoms with E-state index in [4.69, 9.17) is 4.74 Å². The number of aliphatic hydroxyl groups excluding tert-OH is 1. The van der Waals surface area contributed by atoms with Crippen molar-refractivity contribution in [2.45, 2.75) is 19.2 Å². The summed E-state index contributed by atoms with van der Waals surface area (Å²) < 4.78 is 6.68. The van der Waals surface area contributed by atoms with E-state index in [2.05, 4.69) is 15.6 Å². The van der Waals surface area contributed by atoms with Gasteiger partial charge >= 0.3 is 0 Å². The van der Waals surface area contributed by atoms with Crippen LogP contribution in [0.3, 0.4) is 0 Å². The van der Waals surface area contributed by atoms with Gasteiger partial charge in [0, 0.05) is 5.56 Å². The molecule has 0 saturated carbocycles. The molecular weight excluding hydrogens is 272 g/mol. The van der Waals surface area contributed by atoms with E-state index in [9.17, 15) is 9.90 Å². The first-order chi connectivity index (χ1) is 10.1. The summed E-state index contributed by atoms with van der Waals surface area (Å²) in [6, 6.07) is 7.47. The van der Waals surface area contributed by atoms with Crippen LogP contribution < -0.4 is 10.1 Å². The highest BCUT2D eigenvalue weighted by molar-refractivity contribution is 5.85. The number of ether oxygens (including phenoxy) is 1. The number of hydrogen-bond donors (Lipinski definition) is 2. The Morgan fingerprint density at radius 1 is 1.38 bits per heavy atom. The maximum absolute atomic E-state index is 11.5. The summed E-state index contributed by atoms with van der Waals surface area (Å²) >= 11 is 0. The van der Waals surface area contributed by atoms with Gasteiger partial charge in [-0.15, -0.1) is 5.10 Å². The number of carbonyl (C=O) groups excluding carboxylic acids is 1. The Morgan fingerprint density at radius 2 is 2.10 bits per heavy atom. The van der Waals surface area contributed by atoms with Crippen LogP contribution in [0.2, 0.25) is 0 Å². The molecule has 1 fully saturated rings. The number of aliphatic hydroxyl groups is 1. The van der Waals surface area contributed by atoms with E-state index in [0.29, 0.717) is 5.69 Å². The van der Waals surface area contributed by atoms with E-state index in [1.54, 1.807) is 24.9 Å². The Balaban J connectivity index is 1.81. The third kappa shape index (κ3) is 2.36. The Labute approximate surface area is 121 Å². The molecule has 2 heterocycles. The lowest BCUT2D eigenvalue weighted by molar-refractivity contribution is -0.145. The van der Waals surface area contributed by atoms with E-state index >= 15 is 0 Å². The number of methoxy groups -OCH3 is 1. The molecule has 0 aliphatic carbocycles. The average Bonchev–Trinajstić information content (AvgIpc) is 2.93. The maximum Gasteiger partial charge on any atom is 0.231 e. The molecule has 0 unspecified atom stereocenters. The van der Waals surface area contributed by atoms with E-state index < -0.39 is 12.0 Å². The van der Waals surface area contributed by atoms with Gasteiger partial charge in [-0.05, 0) is 31.2 Å². The molecule has 0 bridgehead atoms. The maximum atomic E-state index is 11.5. The quantitative estimate of drug-likeness (QED) is 0.803. The summed E-state index contributed by atoms with van der Waals surface area (Å²) in [4.78, 5) is 11.5. The number of β-lactam (4-membered cyclic amide) rings is 1. The van der Waals surface area contributed by atoms with Crippen molar-refractivity contribution in [1.82, 2.24) is 20.3 Å². The number of amides is 1. The van der Waals surface area contributed by atoms with Crippen LogP contribution in [0.5, 0.6) is 5.75 Å². The summed E-state index contributed by atoms with van der Waals surface area (Å²) in [5.74, 6) is 0.110. The second kappa shape index (κ2) is 5.17. The van der Waals surface area contributed by atoms with E-state index in [1.807, 2.05) is 24.3 Å². The summed E-state index contributed by atoms with van der Waals surface area (Å²) in [5.41, 5.74) is 1.60. The number of carbonyl (C=O) groups is 1. The van der Waals surface area contributed by atoms with Crippen LogP contribution in [-0.4, -0.2) is 39.2 Å². The van der Waals surface area contributed by atoms with Gasteiger partial charge in [0.1, 0.15) is 23.5 Å². The summed E-state index contributed by atoms with van der Waals surface area (Å²) in [6.07, 6.45) is 0.677. The zero-order valence-electron chi connectivity index (χ0n) is 11.7. The van der Waals surface area contributed by atoms with Crippen molar-refractivity contribution in [3.63, 3.8) is 0 Å². The molecule has 7 nitrogen and oxygen atoms in total. The van der Waals surface area contributed by atoms with Gasteiger partial charge < -0.3 is 15.2 Å². The van der Waals surface area contributed by atoms with Crippen molar-refractivity contribution >= 4 is 5.91 Å². The third-order valence-corrected chi connectivity index (χ3v) is 3.63. The Morgan fingerprint density at radius 3 is 2.67 bits per heavy atom. The molecule has 21 heavy (non-hydrogen) atoms. The van der Waals surface area contributed by atoms with Crippen molar-refractivity contribution in [1.29, 1.82) is 0 Å².